The van der Waals surface area contributed by atoms with E-state index in [2.05, 4.69) is 6.07 Å². The van der Waals surface area contributed by atoms with Crippen LogP contribution in [-0.2, 0) is 28.9 Å². The van der Waals surface area contributed by atoms with Gasteiger partial charge in [0, 0.05) is 19.5 Å². The van der Waals surface area contributed by atoms with E-state index in [1.54, 1.807) is 6.92 Å². The molecule has 0 spiro atoms. The lowest BCUT2D eigenvalue weighted by atomic mass is 9.96. The molecule has 5 heteroatoms. The predicted molar refractivity (Wildman–Crippen MR) is 73.5 cm³/mol. The molecule has 2 rings (SSSR count). The van der Waals surface area contributed by atoms with Crippen molar-refractivity contribution in [1.29, 1.82) is 0 Å². The summed E-state index contributed by atoms with van der Waals surface area (Å²) in [5.41, 5.74) is 3.34. The number of carbonyl (C=O) groups excluding carboxylic acids is 1. The molecule has 1 N–H and O–H groups in total. The van der Waals surface area contributed by atoms with Crippen molar-refractivity contribution in [2.45, 2.75) is 32.7 Å². The van der Waals surface area contributed by atoms with E-state index in [1.165, 1.54) is 10.5 Å². The Morgan fingerprint density at radius 2 is 2.15 bits per heavy atom. The first-order valence-corrected chi connectivity index (χ1v) is 6.84. The van der Waals surface area contributed by atoms with Crippen molar-refractivity contribution < 1.29 is 19.4 Å². The van der Waals surface area contributed by atoms with Crippen molar-refractivity contribution in [3.05, 3.63) is 34.9 Å². The summed E-state index contributed by atoms with van der Waals surface area (Å²) in [6.45, 7) is 3.19. The van der Waals surface area contributed by atoms with Crippen molar-refractivity contribution in [3.8, 4) is 0 Å². The van der Waals surface area contributed by atoms with Crippen LogP contribution >= 0.6 is 0 Å². The fourth-order valence-corrected chi connectivity index (χ4v) is 2.40. The maximum absolute atomic E-state index is 11.3. The van der Waals surface area contributed by atoms with Gasteiger partial charge < -0.3 is 14.7 Å². The molecule has 0 saturated carbocycles. The third kappa shape index (κ3) is 3.50. The number of amides is 1. The molecule has 1 heterocycles. The number of fused-ring (bicyclic) bond motifs is 1. The molecule has 0 atom stereocenters. The molecular formula is C15H19NO4. The van der Waals surface area contributed by atoms with E-state index in [9.17, 15) is 9.59 Å². The number of carboxylic acid groups (broad SMARTS) is 1. The molecule has 0 bridgehead atoms. The molecule has 0 unspecified atom stereocenters. The van der Waals surface area contributed by atoms with Crippen LogP contribution in [-0.4, -0.2) is 35.2 Å². The molecule has 0 fully saturated rings. The fourth-order valence-electron chi connectivity index (χ4n) is 2.40. The van der Waals surface area contributed by atoms with E-state index in [-0.39, 0.29) is 5.97 Å². The highest BCUT2D eigenvalue weighted by atomic mass is 16.5. The standard InChI is InChI=1S/C15H19NO4/c1-2-20-14(17)6-4-11-3-5-13-10-16(15(18)19)8-7-12(13)9-11/h3,5,9H,2,4,6-8,10H2,1H3,(H,18,19). The van der Waals surface area contributed by atoms with E-state index in [1.807, 2.05) is 12.1 Å². The molecule has 20 heavy (non-hydrogen) atoms. The number of esters is 1. The SMILES string of the molecule is CCOC(=O)CCc1ccc2c(c1)CCN(C(=O)O)C2. The summed E-state index contributed by atoms with van der Waals surface area (Å²) in [7, 11) is 0. The molecule has 108 valence electrons. The molecule has 1 aliphatic rings. The lowest BCUT2D eigenvalue weighted by Gasteiger charge is -2.26. The smallest absolute Gasteiger partial charge is 0.407 e. The molecular weight excluding hydrogens is 258 g/mol. The lowest BCUT2D eigenvalue weighted by molar-refractivity contribution is -0.143. The molecule has 1 amide bonds. The number of aryl methyl sites for hydroxylation is 1. The number of hydrogen-bond acceptors (Lipinski definition) is 3. The zero-order chi connectivity index (χ0) is 14.5. The van der Waals surface area contributed by atoms with Crippen molar-refractivity contribution >= 4 is 12.1 Å². The summed E-state index contributed by atoms with van der Waals surface area (Å²) in [5.74, 6) is -0.178. The summed E-state index contributed by atoms with van der Waals surface area (Å²) < 4.78 is 4.91. The van der Waals surface area contributed by atoms with Crippen LogP contribution in [0.3, 0.4) is 0 Å². The molecule has 0 aliphatic carbocycles. The van der Waals surface area contributed by atoms with Gasteiger partial charge in [0.1, 0.15) is 0 Å². The largest absolute Gasteiger partial charge is 0.466 e. The fraction of sp³-hybridized carbons (Fsp3) is 0.467. The van der Waals surface area contributed by atoms with Gasteiger partial charge in [-0.1, -0.05) is 18.2 Å². The van der Waals surface area contributed by atoms with Crippen molar-refractivity contribution in [2.75, 3.05) is 13.2 Å². The summed E-state index contributed by atoms with van der Waals surface area (Å²) in [6.07, 6.45) is 0.902. The van der Waals surface area contributed by atoms with Gasteiger partial charge in [0.05, 0.1) is 6.61 Å². The van der Waals surface area contributed by atoms with Crippen LogP contribution in [0.25, 0.3) is 0 Å². The normalized spacial score (nSPS) is 13.8. The second-order valence-electron chi connectivity index (χ2n) is 4.86. The number of ether oxygens (including phenoxy) is 1. The minimum absolute atomic E-state index is 0.178. The average molecular weight is 277 g/mol. The van der Waals surface area contributed by atoms with Gasteiger partial charge >= 0.3 is 12.1 Å². The second kappa shape index (κ2) is 6.41. The van der Waals surface area contributed by atoms with Crippen LogP contribution in [0.2, 0.25) is 0 Å². The van der Waals surface area contributed by atoms with Crippen LogP contribution in [0.4, 0.5) is 4.79 Å². The van der Waals surface area contributed by atoms with Crippen LogP contribution in [0.5, 0.6) is 0 Å². The maximum Gasteiger partial charge on any atom is 0.407 e. The molecule has 0 aromatic heterocycles. The first-order chi connectivity index (χ1) is 9.60. The van der Waals surface area contributed by atoms with Crippen LogP contribution < -0.4 is 0 Å². The summed E-state index contributed by atoms with van der Waals surface area (Å²) in [4.78, 5) is 23.7. The first-order valence-electron chi connectivity index (χ1n) is 6.84. The van der Waals surface area contributed by atoms with Crippen LogP contribution in [0, 0.1) is 0 Å². The Morgan fingerprint density at radius 3 is 2.85 bits per heavy atom. The van der Waals surface area contributed by atoms with E-state index < -0.39 is 6.09 Å². The monoisotopic (exact) mass is 277 g/mol. The number of nitrogens with zero attached hydrogens (tertiary/aromatic N) is 1. The highest BCUT2D eigenvalue weighted by molar-refractivity contribution is 5.69. The molecule has 1 aliphatic heterocycles. The Labute approximate surface area is 118 Å². The number of hydrogen-bond donors (Lipinski definition) is 1. The molecule has 1 aromatic carbocycles. The van der Waals surface area contributed by atoms with Crippen LogP contribution in [0.1, 0.15) is 30.0 Å². The van der Waals surface area contributed by atoms with E-state index in [0.717, 1.165) is 17.5 Å². The molecule has 0 radical (unpaired) electrons. The van der Waals surface area contributed by atoms with Gasteiger partial charge in [0.15, 0.2) is 0 Å². The van der Waals surface area contributed by atoms with E-state index in [0.29, 0.717) is 32.5 Å². The first kappa shape index (κ1) is 14.4. The minimum atomic E-state index is -0.873. The number of benzene rings is 1. The van der Waals surface area contributed by atoms with Gasteiger partial charge in [0.2, 0.25) is 0 Å². The Hall–Kier alpha value is -2.04. The minimum Gasteiger partial charge on any atom is -0.466 e. The molecule has 1 aromatic rings. The highest BCUT2D eigenvalue weighted by Crippen LogP contribution is 2.21. The average Bonchev–Trinajstić information content (AvgIpc) is 2.44. The Morgan fingerprint density at radius 1 is 1.35 bits per heavy atom. The van der Waals surface area contributed by atoms with Gasteiger partial charge in [-0.3, -0.25) is 4.79 Å². The van der Waals surface area contributed by atoms with Gasteiger partial charge in [-0.05, 0) is 36.5 Å². The van der Waals surface area contributed by atoms with Gasteiger partial charge in [-0.2, -0.15) is 0 Å². The van der Waals surface area contributed by atoms with Gasteiger partial charge in [-0.25, -0.2) is 4.79 Å². The van der Waals surface area contributed by atoms with E-state index in [4.69, 9.17) is 9.84 Å². The topological polar surface area (TPSA) is 66.8 Å². The van der Waals surface area contributed by atoms with Gasteiger partial charge in [-0.15, -0.1) is 0 Å². The van der Waals surface area contributed by atoms with Crippen molar-refractivity contribution in [3.63, 3.8) is 0 Å². The zero-order valence-electron chi connectivity index (χ0n) is 11.6. The highest BCUT2D eigenvalue weighted by Gasteiger charge is 2.19. The third-order valence-corrected chi connectivity index (χ3v) is 3.48. The summed E-state index contributed by atoms with van der Waals surface area (Å²) >= 11 is 0. The number of carbonyl (C=O) groups is 2. The zero-order valence-corrected chi connectivity index (χ0v) is 11.6. The van der Waals surface area contributed by atoms with Crippen molar-refractivity contribution in [2.24, 2.45) is 0 Å². The maximum atomic E-state index is 11.3. The predicted octanol–water partition coefficient (Wildman–Crippen LogP) is 2.22. The Kier molecular flexibility index (Phi) is 4.61. The summed E-state index contributed by atoms with van der Waals surface area (Å²) in [6, 6.07) is 6.00. The van der Waals surface area contributed by atoms with Crippen molar-refractivity contribution in [1.82, 2.24) is 4.90 Å². The lowest BCUT2D eigenvalue weighted by Crippen LogP contribution is -2.34. The quantitative estimate of drug-likeness (QED) is 0.857. The Bertz CT molecular complexity index is 513. The second-order valence-corrected chi connectivity index (χ2v) is 4.86. The van der Waals surface area contributed by atoms with E-state index >= 15 is 0 Å². The number of rotatable bonds is 4. The van der Waals surface area contributed by atoms with Gasteiger partial charge in [0.25, 0.3) is 0 Å². The van der Waals surface area contributed by atoms with Crippen LogP contribution in [0.15, 0.2) is 18.2 Å². The summed E-state index contributed by atoms with van der Waals surface area (Å²) in [5, 5.41) is 8.99. The third-order valence-electron chi connectivity index (χ3n) is 3.48. The molecule has 0 saturated heterocycles. The Balaban J connectivity index is 1.99. The molecule has 5 nitrogen and oxygen atoms in total.